The molecule has 0 spiro atoms. The molecule has 0 bridgehead atoms. The minimum atomic E-state index is -1.37. The van der Waals surface area contributed by atoms with E-state index in [1.54, 1.807) is 6.07 Å². The maximum atomic E-state index is 13.9. The summed E-state index contributed by atoms with van der Waals surface area (Å²) in [4.78, 5) is 38.7. The molecule has 0 unspecified atom stereocenters. The van der Waals surface area contributed by atoms with Crippen molar-refractivity contribution in [3.05, 3.63) is 30.1 Å². The van der Waals surface area contributed by atoms with Crippen LogP contribution in [-0.2, 0) is 14.4 Å². The van der Waals surface area contributed by atoms with Crippen LogP contribution in [0.1, 0.15) is 19.3 Å². The van der Waals surface area contributed by atoms with Gasteiger partial charge in [-0.25, -0.2) is 4.39 Å². The SMILES string of the molecule is CN(C(=O)C1(C(=O)O)CC1)[C@@H]1CCN(c2ccccc2F)C1=O. The number of carboxylic acids is 1. The molecule has 2 amide bonds. The average Bonchev–Trinajstić information content (AvgIpc) is 3.26. The van der Waals surface area contributed by atoms with Gasteiger partial charge in [0.2, 0.25) is 11.8 Å². The fraction of sp³-hybridized carbons (Fsp3) is 0.438. The zero-order valence-electron chi connectivity index (χ0n) is 12.7. The van der Waals surface area contributed by atoms with Crippen LogP contribution in [0.15, 0.2) is 24.3 Å². The second kappa shape index (κ2) is 5.33. The summed E-state index contributed by atoms with van der Waals surface area (Å²) in [6.07, 6.45) is 0.942. The van der Waals surface area contributed by atoms with Crippen molar-refractivity contribution >= 4 is 23.5 Å². The summed E-state index contributed by atoms with van der Waals surface area (Å²) in [5.41, 5.74) is -1.19. The maximum absolute atomic E-state index is 13.9. The van der Waals surface area contributed by atoms with Gasteiger partial charge >= 0.3 is 5.97 Å². The van der Waals surface area contributed by atoms with Crippen LogP contribution in [0.3, 0.4) is 0 Å². The quantitative estimate of drug-likeness (QED) is 0.847. The van der Waals surface area contributed by atoms with Crippen LogP contribution in [0.25, 0.3) is 0 Å². The third-order valence-corrected chi connectivity index (χ3v) is 4.68. The lowest BCUT2D eigenvalue weighted by atomic mass is 10.0. The van der Waals surface area contributed by atoms with Crippen molar-refractivity contribution in [2.75, 3.05) is 18.5 Å². The van der Waals surface area contributed by atoms with Gasteiger partial charge in [0.1, 0.15) is 17.3 Å². The average molecular weight is 320 g/mol. The number of para-hydroxylation sites is 1. The van der Waals surface area contributed by atoms with Gasteiger partial charge in [0, 0.05) is 13.6 Å². The number of amides is 2. The predicted octanol–water partition coefficient (Wildman–Crippen LogP) is 1.25. The molecular formula is C16H17FN2O4. The lowest BCUT2D eigenvalue weighted by Gasteiger charge is -2.26. The normalized spacial score (nSPS) is 22.1. The van der Waals surface area contributed by atoms with E-state index in [0.717, 1.165) is 0 Å². The minimum Gasteiger partial charge on any atom is -0.480 e. The third-order valence-electron chi connectivity index (χ3n) is 4.68. The Morgan fingerprint density at radius 3 is 2.57 bits per heavy atom. The van der Waals surface area contributed by atoms with E-state index in [0.29, 0.717) is 25.8 Å². The van der Waals surface area contributed by atoms with Gasteiger partial charge in [0.05, 0.1) is 5.69 Å². The second-order valence-corrected chi connectivity index (χ2v) is 6.05. The Hall–Kier alpha value is -2.44. The number of benzene rings is 1. The highest BCUT2D eigenvalue weighted by molar-refractivity contribution is 6.08. The van der Waals surface area contributed by atoms with Gasteiger partial charge in [-0.05, 0) is 31.4 Å². The van der Waals surface area contributed by atoms with Crippen molar-refractivity contribution < 1.29 is 23.9 Å². The van der Waals surface area contributed by atoms with E-state index in [-0.39, 0.29) is 11.6 Å². The number of carbonyl (C=O) groups excluding carboxylic acids is 2. The largest absolute Gasteiger partial charge is 0.480 e. The van der Waals surface area contributed by atoms with Crippen molar-refractivity contribution in [1.82, 2.24) is 4.90 Å². The molecule has 1 saturated heterocycles. The first-order valence-corrected chi connectivity index (χ1v) is 7.45. The number of nitrogens with zero attached hydrogens (tertiary/aromatic N) is 2. The molecule has 0 radical (unpaired) electrons. The van der Waals surface area contributed by atoms with Gasteiger partial charge in [-0.15, -0.1) is 0 Å². The van der Waals surface area contributed by atoms with Crippen molar-refractivity contribution in [1.29, 1.82) is 0 Å². The Kier molecular flexibility index (Phi) is 3.58. The number of hydrogen-bond donors (Lipinski definition) is 1. The van der Waals surface area contributed by atoms with Crippen LogP contribution in [0.2, 0.25) is 0 Å². The van der Waals surface area contributed by atoms with Gasteiger partial charge in [0.25, 0.3) is 0 Å². The standard InChI is InChI=1S/C16H17FN2O4/c1-18(14(21)16(7-8-16)15(22)23)12-6-9-19(13(12)20)11-5-3-2-4-10(11)17/h2-5,12H,6-9H2,1H3,(H,22,23)/t12-/m1/s1. The summed E-state index contributed by atoms with van der Waals surface area (Å²) in [5, 5.41) is 9.21. The molecule has 0 aromatic heterocycles. The molecule has 7 heteroatoms. The summed E-state index contributed by atoms with van der Waals surface area (Å²) in [7, 11) is 1.44. The van der Waals surface area contributed by atoms with Gasteiger partial charge in [-0.1, -0.05) is 12.1 Å². The Labute approximate surface area is 132 Å². The first-order chi connectivity index (χ1) is 10.9. The van der Waals surface area contributed by atoms with Crippen molar-refractivity contribution in [3.63, 3.8) is 0 Å². The van der Waals surface area contributed by atoms with Crippen LogP contribution < -0.4 is 4.90 Å². The first kappa shape index (κ1) is 15.5. The molecular weight excluding hydrogens is 303 g/mol. The zero-order valence-corrected chi connectivity index (χ0v) is 12.7. The van der Waals surface area contributed by atoms with Crippen LogP contribution in [0, 0.1) is 11.2 Å². The van der Waals surface area contributed by atoms with Crippen molar-refractivity contribution in [2.45, 2.75) is 25.3 Å². The topological polar surface area (TPSA) is 77.9 Å². The van der Waals surface area contributed by atoms with E-state index < -0.39 is 29.2 Å². The molecule has 122 valence electrons. The molecule has 1 aliphatic carbocycles. The number of carboxylic acid groups (broad SMARTS) is 1. The molecule has 1 heterocycles. The molecule has 6 nitrogen and oxygen atoms in total. The second-order valence-electron chi connectivity index (χ2n) is 6.05. The summed E-state index contributed by atoms with van der Waals surface area (Å²) in [6, 6.07) is 5.21. The van der Waals surface area contributed by atoms with E-state index >= 15 is 0 Å². The molecule has 3 rings (SSSR count). The van der Waals surface area contributed by atoms with Gasteiger partial charge in [-0.3, -0.25) is 14.4 Å². The molecule has 1 N–H and O–H groups in total. The van der Waals surface area contributed by atoms with Crippen LogP contribution >= 0.6 is 0 Å². The van der Waals surface area contributed by atoms with E-state index in [4.69, 9.17) is 0 Å². The Bertz CT molecular complexity index is 686. The molecule has 1 aromatic rings. The van der Waals surface area contributed by atoms with Crippen LogP contribution in [-0.4, -0.2) is 47.4 Å². The zero-order chi connectivity index (χ0) is 16.8. The summed E-state index contributed by atoms with van der Waals surface area (Å²) in [5.74, 6) is -2.57. The summed E-state index contributed by atoms with van der Waals surface area (Å²) < 4.78 is 13.9. The highest BCUT2D eigenvalue weighted by atomic mass is 19.1. The van der Waals surface area contributed by atoms with E-state index in [1.165, 1.54) is 35.0 Å². The maximum Gasteiger partial charge on any atom is 0.319 e. The van der Waals surface area contributed by atoms with Crippen molar-refractivity contribution in [2.24, 2.45) is 5.41 Å². The number of carbonyl (C=O) groups is 3. The monoisotopic (exact) mass is 320 g/mol. The molecule has 1 atom stereocenters. The first-order valence-electron chi connectivity index (χ1n) is 7.45. The molecule has 1 aliphatic heterocycles. The Morgan fingerprint density at radius 1 is 1.35 bits per heavy atom. The molecule has 2 aliphatic rings. The van der Waals surface area contributed by atoms with Gasteiger partial charge in [0.15, 0.2) is 0 Å². The lowest BCUT2D eigenvalue weighted by Crippen LogP contribution is -2.47. The number of anilines is 1. The number of hydrogen-bond acceptors (Lipinski definition) is 3. The molecule has 1 aromatic carbocycles. The minimum absolute atomic E-state index is 0.181. The lowest BCUT2D eigenvalue weighted by molar-refractivity contribution is -0.154. The highest BCUT2D eigenvalue weighted by Crippen LogP contribution is 2.48. The van der Waals surface area contributed by atoms with E-state index in [2.05, 4.69) is 0 Å². The number of aliphatic carboxylic acids is 1. The smallest absolute Gasteiger partial charge is 0.319 e. The number of halogens is 1. The van der Waals surface area contributed by atoms with E-state index in [1.807, 2.05) is 0 Å². The molecule has 1 saturated carbocycles. The van der Waals surface area contributed by atoms with E-state index in [9.17, 15) is 23.9 Å². The van der Waals surface area contributed by atoms with Crippen LogP contribution in [0.4, 0.5) is 10.1 Å². The fourth-order valence-corrected chi connectivity index (χ4v) is 3.06. The van der Waals surface area contributed by atoms with Gasteiger partial charge < -0.3 is 14.9 Å². The summed E-state index contributed by atoms with van der Waals surface area (Å²) >= 11 is 0. The Morgan fingerprint density at radius 2 is 2.00 bits per heavy atom. The fourth-order valence-electron chi connectivity index (χ4n) is 3.06. The van der Waals surface area contributed by atoms with Crippen molar-refractivity contribution in [3.8, 4) is 0 Å². The summed E-state index contributed by atoms with van der Waals surface area (Å²) in [6.45, 7) is 0.294. The molecule has 23 heavy (non-hydrogen) atoms. The predicted molar refractivity (Wildman–Crippen MR) is 79.2 cm³/mol. The Balaban J connectivity index is 1.78. The van der Waals surface area contributed by atoms with Crippen LogP contribution in [0.5, 0.6) is 0 Å². The highest BCUT2D eigenvalue weighted by Gasteiger charge is 2.59. The third kappa shape index (κ3) is 2.36. The number of rotatable bonds is 4. The number of likely N-dealkylation sites (N-methyl/N-ethyl adjacent to an activating group) is 1. The van der Waals surface area contributed by atoms with Gasteiger partial charge in [-0.2, -0.15) is 0 Å². The molecule has 2 fully saturated rings.